The molecule has 2 bridgehead atoms. The van der Waals surface area contributed by atoms with Gasteiger partial charge in [-0.2, -0.15) is 0 Å². The number of sulfone groups is 1. The molecule has 3 rings (SSSR count). The van der Waals surface area contributed by atoms with Crippen molar-refractivity contribution in [1.82, 2.24) is 4.90 Å². The lowest BCUT2D eigenvalue weighted by Crippen LogP contribution is -2.53. The minimum atomic E-state index is -3.60. The first-order valence-corrected chi connectivity index (χ1v) is 11.5. The normalized spacial score (nSPS) is 28.1. The standard InChI is InChI=1S/C19H30N4O6S/c1-18(2)12-29-10-9-28-8-6-22-15-13(14(20)16(21)24)3-7-23(17(15)25)11-19(4-5-19)30(18,26)27/h3-12,20H2,1-2H3,(H2,21,24). The molecule has 168 valence electrons. The van der Waals surface area contributed by atoms with Crippen molar-refractivity contribution in [3.8, 4) is 0 Å². The van der Waals surface area contributed by atoms with Gasteiger partial charge in [-0.25, -0.2) is 8.42 Å². The lowest BCUT2D eigenvalue weighted by molar-refractivity contribution is -0.124. The van der Waals surface area contributed by atoms with Crippen molar-refractivity contribution in [2.75, 3.05) is 46.1 Å². The SMILES string of the molecule is CC1(C)COCCOCCN=C2C(=O)N(CCC2=C(N)C(N)=O)CC2(CC2)S1(=O)=O. The smallest absolute Gasteiger partial charge is 0.272 e. The van der Waals surface area contributed by atoms with E-state index >= 15 is 0 Å². The maximum Gasteiger partial charge on any atom is 0.272 e. The van der Waals surface area contributed by atoms with Gasteiger partial charge in [-0.05, 0) is 33.1 Å². The number of ether oxygens (including phenoxy) is 2. The van der Waals surface area contributed by atoms with Crippen LogP contribution in [0, 0.1) is 0 Å². The second kappa shape index (κ2) is 8.27. The van der Waals surface area contributed by atoms with Gasteiger partial charge in [0.2, 0.25) is 0 Å². The topological polar surface area (TPSA) is 154 Å². The molecule has 2 amide bonds. The van der Waals surface area contributed by atoms with E-state index in [2.05, 4.69) is 4.99 Å². The molecule has 2 aliphatic heterocycles. The van der Waals surface area contributed by atoms with Crippen LogP contribution in [-0.4, -0.2) is 86.4 Å². The molecule has 11 heteroatoms. The molecule has 2 heterocycles. The van der Waals surface area contributed by atoms with Crippen LogP contribution in [0.5, 0.6) is 0 Å². The maximum atomic E-state index is 13.4. The molecule has 3 aliphatic rings. The molecule has 0 atom stereocenters. The van der Waals surface area contributed by atoms with Gasteiger partial charge < -0.3 is 25.8 Å². The number of rotatable bonds is 1. The van der Waals surface area contributed by atoms with Gasteiger partial charge in [0.25, 0.3) is 11.8 Å². The predicted molar refractivity (Wildman–Crippen MR) is 111 cm³/mol. The van der Waals surface area contributed by atoms with E-state index in [-0.39, 0.29) is 63.9 Å². The monoisotopic (exact) mass is 442 g/mol. The van der Waals surface area contributed by atoms with Crippen LogP contribution in [0.2, 0.25) is 0 Å². The highest BCUT2D eigenvalue weighted by Gasteiger charge is 2.61. The number of hydrogen-bond acceptors (Lipinski definition) is 8. The Labute approximate surface area is 176 Å². The average molecular weight is 443 g/mol. The van der Waals surface area contributed by atoms with Crippen molar-refractivity contribution in [3.63, 3.8) is 0 Å². The van der Waals surface area contributed by atoms with Gasteiger partial charge in [-0.3, -0.25) is 14.6 Å². The fraction of sp³-hybridized carbons (Fsp3) is 0.737. The summed E-state index contributed by atoms with van der Waals surface area (Å²) in [6.07, 6.45) is 1.26. The molecule has 30 heavy (non-hydrogen) atoms. The molecule has 0 radical (unpaired) electrons. The number of nitrogens with two attached hydrogens (primary N) is 2. The summed E-state index contributed by atoms with van der Waals surface area (Å²) in [5, 5.41) is 0. The van der Waals surface area contributed by atoms with E-state index in [4.69, 9.17) is 20.9 Å². The van der Waals surface area contributed by atoms with Gasteiger partial charge in [-0.1, -0.05) is 0 Å². The third kappa shape index (κ3) is 4.10. The minimum Gasteiger partial charge on any atom is -0.394 e. The van der Waals surface area contributed by atoms with E-state index in [1.807, 2.05) is 0 Å². The Bertz CT molecular complexity index is 889. The number of fused-ring (bicyclic) bond motifs is 2. The number of aliphatic imine (C=N–C) groups is 1. The lowest BCUT2D eigenvalue weighted by atomic mass is 9.97. The van der Waals surface area contributed by atoms with Gasteiger partial charge in [0.15, 0.2) is 9.84 Å². The van der Waals surface area contributed by atoms with Crippen LogP contribution >= 0.6 is 0 Å². The van der Waals surface area contributed by atoms with Crippen LogP contribution in [0.3, 0.4) is 0 Å². The Morgan fingerprint density at radius 1 is 1.13 bits per heavy atom. The first-order valence-electron chi connectivity index (χ1n) is 10.0. The van der Waals surface area contributed by atoms with Crippen molar-refractivity contribution in [2.45, 2.75) is 42.6 Å². The van der Waals surface area contributed by atoms with Gasteiger partial charge in [0.1, 0.15) is 11.4 Å². The summed E-state index contributed by atoms with van der Waals surface area (Å²) in [7, 11) is -3.60. The Balaban J connectivity index is 1.97. The molecular formula is C19H30N4O6S. The number of nitrogens with zero attached hydrogens (tertiary/aromatic N) is 2. The van der Waals surface area contributed by atoms with Crippen LogP contribution in [0.1, 0.15) is 33.1 Å². The quantitative estimate of drug-likeness (QED) is 0.500. The Kier molecular flexibility index (Phi) is 6.26. The molecule has 1 saturated heterocycles. The fourth-order valence-corrected chi connectivity index (χ4v) is 6.27. The van der Waals surface area contributed by atoms with E-state index < -0.39 is 31.1 Å². The first-order chi connectivity index (χ1) is 14.0. The molecule has 1 spiro atoms. The van der Waals surface area contributed by atoms with Crippen molar-refractivity contribution in [1.29, 1.82) is 0 Å². The summed E-state index contributed by atoms with van der Waals surface area (Å²) in [6.45, 7) is 4.66. The molecule has 10 nitrogen and oxygen atoms in total. The Morgan fingerprint density at radius 2 is 1.80 bits per heavy atom. The maximum absolute atomic E-state index is 13.4. The minimum absolute atomic E-state index is 0.0537. The highest BCUT2D eigenvalue weighted by atomic mass is 32.2. The molecule has 0 aromatic heterocycles. The molecule has 0 aromatic carbocycles. The van der Waals surface area contributed by atoms with Gasteiger partial charge in [0.05, 0.1) is 42.5 Å². The van der Waals surface area contributed by atoms with E-state index in [1.165, 1.54) is 4.90 Å². The number of piperidine rings is 1. The lowest BCUT2D eigenvalue weighted by Gasteiger charge is -2.36. The molecular weight excluding hydrogens is 412 g/mol. The van der Waals surface area contributed by atoms with Crippen molar-refractivity contribution < 1.29 is 27.5 Å². The van der Waals surface area contributed by atoms with Crippen molar-refractivity contribution in [2.24, 2.45) is 16.5 Å². The highest BCUT2D eigenvalue weighted by Crippen LogP contribution is 2.49. The molecule has 0 aromatic rings. The third-order valence-electron chi connectivity index (χ3n) is 5.91. The molecule has 4 N–H and O–H groups in total. The van der Waals surface area contributed by atoms with E-state index in [9.17, 15) is 18.0 Å². The van der Waals surface area contributed by atoms with Crippen molar-refractivity contribution in [3.05, 3.63) is 11.3 Å². The Morgan fingerprint density at radius 3 is 2.43 bits per heavy atom. The van der Waals surface area contributed by atoms with Crippen LogP contribution in [0.4, 0.5) is 0 Å². The van der Waals surface area contributed by atoms with Crippen LogP contribution < -0.4 is 11.5 Å². The average Bonchev–Trinajstić information content (AvgIpc) is 3.46. The predicted octanol–water partition coefficient (Wildman–Crippen LogP) is -0.869. The van der Waals surface area contributed by atoms with Crippen LogP contribution in [0.25, 0.3) is 0 Å². The number of amides is 2. The van der Waals surface area contributed by atoms with Gasteiger partial charge in [0, 0.05) is 18.7 Å². The van der Waals surface area contributed by atoms with Gasteiger partial charge in [-0.15, -0.1) is 0 Å². The van der Waals surface area contributed by atoms with Crippen LogP contribution in [-0.2, 0) is 28.9 Å². The number of carbonyl (C=O) groups is 2. The Hall–Kier alpha value is -1.98. The van der Waals surface area contributed by atoms with E-state index in [1.54, 1.807) is 13.8 Å². The molecule has 2 fully saturated rings. The summed E-state index contributed by atoms with van der Waals surface area (Å²) in [5.74, 6) is -1.26. The summed E-state index contributed by atoms with van der Waals surface area (Å²) >= 11 is 0. The largest absolute Gasteiger partial charge is 0.394 e. The van der Waals surface area contributed by atoms with E-state index in [0.29, 0.717) is 18.4 Å². The molecule has 1 aliphatic carbocycles. The summed E-state index contributed by atoms with van der Waals surface area (Å²) in [4.78, 5) is 30.6. The number of carbonyl (C=O) groups excluding carboxylic acids is 2. The number of hydrogen-bond donors (Lipinski definition) is 2. The third-order valence-corrected chi connectivity index (χ3v) is 9.16. The first kappa shape index (κ1) is 22.7. The zero-order valence-electron chi connectivity index (χ0n) is 17.5. The molecule has 1 saturated carbocycles. The zero-order valence-corrected chi connectivity index (χ0v) is 18.3. The molecule has 0 unspecified atom stereocenters. The summed E-state index contributed by atoms with van der Waals surface area (Å²) in [6, 6.07) is 0. The highest BCUT2D eigenvalue weighted by molar-refractivity contribution is 7.94. The van der Waals surface area contributed by atoms with Gasteiger partial charge >= 0.3 is 0 Å². The zero-order chi connectivity index (χ0) is 22.2. The van der Waals surface area contributed by atoms with Crippen LogP contribution in [0.15, 0.2) is 16.3 Å². The van der Waals surface area contributed by atoms with Crippen molar-refractivity contribution >= 4 is 27.4 Å². The summed E-state index contributed by atoms with van der Waals surface area (Å²) in [5.41, 5.74) is 11.3. The summed E-state index contributed by atoms with van der Waals surface area (Å²) < 4.78 is 35.8. The second-order valence-corrected chi connectivity index (χ2v) is 11.6. The fourth-order valence-electron chi connectivity index (χ4n) is 3.89. The van der Waals surface area contributed by atoms with E-state index in [0.717, 1.165) is 0 Å². The number of primary amides is 1. The second-order valence-electron chi connectivity index (χ2n) is 8.57.